The van der Waals surface area contributed by atoms with Crippen LogP contribution in [0.15, 0.2) is 24.3 Å². The average molecular weight is 306 g/mol. The van der Waals surface area contributed by atoms with Crippen LogP contribution in [-0.4, -0.2) is 29.6 Å². The lowest BCUT2D eigenvalue weighted by atomic mass is 10.2. The van der Waals surface area contributed by atoms with Crippen molar-refractivity contribution in [2.75, 3.05) is 24.0 Å². The second kappa shape index (κ2) is 7.42. The number of rotatable bonds is 5. The predicted octanol–water partition coefficient (Wildman–Crippen LogP) is 4.27. The first-order valence-electron chi connectivity index (χ1n) is 6.11. The summed E-state index contributed by atoms with van der Waals surface area (Å²) in [6.45, 7) is 2.04. The summed E-state index contributed by atoms with van der Waals surface area (Å²) in [6.07, 6.45) is -3.41. The number of amides is 2. The fourth-order valence-electron chi connectivity index (χ4n) is 1.40. The summed E-state index contributed by atoms with van der Waals surface area (Å²) in [7, 11) is 1.60. The van der Waals surface area contributed by atoms with Crippen LogP contribution in [0.2, 0.25) is 0 Å². The molecule has 0 aliphatic rings. The van der Waals surface area contributed by atoms with Gasteiger partial charge in [-0.1, -0.05) is 13.0 Å². The molecule has 0 saturated carbocycles. The largest absolute Gasteiger partial charge is 0.416 e. The van der Waals surface area contributed by atoms with E-state index in [1.54, 1.807) is 18.8 Å². The van der Waals surface area contributed by atoms with Crippen molar-refractivity contribution in [2.24, 2.45) is 0 Å². The summed E-state index contributed by atoms with van der Waals surface area (Å²) in [5.74, 6) is 1.43. The third-order valence-electron chi connectivity index (χ3n) is 2.42. The van der Waals surface area contributed by atoms with Crippen molar-refractivity contribution in [1.82, 2.24) is 4.90 Å². The fraction of sp³-hybridized carbons (Fsp3) is 0.462. The third-order valence-corrected chi connectivity index (χ3v) is 3.69. The first-order valence-corrected chi connectivity index (χ1v) is 7.27. The van der Waals surface area contributed by atoms with Crippen LogP contribution in [0.3, 0.4) is 0 Å². The zero-order valence-corrected chi connectivity index (χ0v) is 12.1. The molecule has 0 heterocycles. The van der Waals surface area contributed by atoms with E-state index in [4.69, 9.17) is 0 Å². The summed E-state index contributed by atoms with van der Waals surface area (Å²) in [5.41, 5.74) is -0.643. The maximum atomic E-state index is 12.5. The minimum Gasteiger partial charge on any atom is -0.318 e. The van der Waals surface area contributed by atoms with Gasteiger partial charge in [-0.15, -0.1) is 11.8 Å². The van der Waals surface area contributed by atoms with Gasteiger partial charge in [0.1, 0.15) is 0 Å². The molecule has 1 N–H and O–H groups in total. The molecule has 2 amide bonds. The summed E-state index contributed by atoms with van der Waals surface area (Å²) >= 11 is 1.59. The maximum Gasteiger partial charge on any atom is 0.416 e. The lowest BCUT2D eigenvalue weighted by molar-refractivity contribution is -0.137. The second-order valence-corrected chi connectivity index (χ2v) is 5.32. The number of urea groups is 1. The minimum atomic E-state index is -4.41. The van der Waals surface area contributed by atoms with E-state index in [1.165, 1.54) is 17.0 Å². The molecule has 1 rings (SSSR count). The predicted molar refractivity (Wildman–Crippen MR) is 75.8 cm³/mol. The number of nitrogens with zero attached hydrogens (tertiary/aromatic N) is 1. The molecule has 0 fully saturated rings. The zero-order chi connectivity index (χ0) is 15.2. The normalized spacial score (nSPS) is 11.2. The van der Waals surface area contributed by atoms with Crippen LogP contribution in [0.25, 0.3) is 0 Å². The Labute approximate surface area is 120 Å². The fourth-order valence-corrected chi connectivity index (χ4v) is 2.21. The van der Waals surface area contributed by atoms with Crippen molar-refractivity contribution >= 4 is 23.5 Å². The van der Waals surface area contributed by atoms with Crippen molar-refractivity contribution in [3.63, 3.8) is 0 Å². The van der Waals surface area contributed by atoms with E-state index in [0.29, 0.717) is 5.88 Å². The summed E-state index contributed by atoms with van der Waals surface area (Å²) in [5, 5.41) is 2.45. The number of alkyl halides is 3. The number of hydrogen-bond donors (Lipinski definition) is 1. The standard InChI is InChI=1S/C13H17F3N2OS/c1-3-7-20-9-18(2)12(19)17-11-6-4-5-10(8-11)13(14,15)16/h4-6,8H,3,7,9H2,1-2H3,(H,17,19). The minimum absolute atomic E-state index is 0.136. The Kier molecular flexibility index (Phi) is 6.19. The number of hydrogen-bond acceptors (Lipinski definition) is 2. The number of halogens is 3. The Bertz CT molecular complexity index is 451. The van der Waals surface area contributed by atoms with E-state index < -0.39 is 17.8 Å². The molecule has 0 aromatic heterocycles. The van der Waals surface area contributed by atoms with Gasteiger partial charge in [0.05, 0.1) is 11.4 Å². The molecular weight excluding hydrogens is 289 g/mol. The molecule has 20 heavy (non-hydrogen) atoms. The molecule has 3 nitrogen and oxygen atoms in total. The first-order chi connectivity index (χ1) is 9.34. The molecular formula is C13H17F3N2OS. The number of benzene rings is 1. The van der Waals surface area contributed by atoms with Crippen molar-refractivity contribution in [1.29, 1.82) is 0 Å². The van der Waals surface area contributed by atoms with E-state index in [1.807, 2.05) is 6.92 Å². The van der Waals surface area contributed by atoms with Gasteiger partial charge < -0.3 is 10.2 Å². The Morgan fingerprint density at radius 3 is 2.70 bits per heavy atom. The summed E-state index contributed by atoms with van der Waals surface area (Å²) in [4.78, 5) is 13.2. The van der Waals surface area contributed by atoms with Gasteiger partial charge in [-0.05, 0) is 30.4 Å². The van der Waals surface area contributed by atoms with Crippen LogP contribution in [0.4, 0.5) is 23.7 Å². The summed E-state index contributed by atoms with van der Waals surface area (Å²) in [6, 6.07) is 4.17. The topological polar surface area (TPSA) is 32.3 Å². The number of anilines is 1. The molecule has 112 valence electrons. The average Bonchev–Trinajstić information content (AvgIpc) is 2.38. The van der Waals surface area contributed by atoms with Gasteiger partial charge in [-0.25, -0.2) is 4.79 Å². The van der Waals surface area contributed by atoms with Gasteiger partial charge in [-0.2, -0.15) is 13.2 Å². The zero-order valence-electron chi connectivity index (χ0n) is 11.3. The molecule has 0 radical (unpaired) electrons. The Balaban J connectivity index is 2.62. The lowest BCUT2D eigenvalue weighted by Gasteiger charge is -2.18. The molecule has 0 unspecified atom stereocenters. The number of carbonyl (C=O) groups is 1. The second-order valence-electron chi connectivity index (χ2n) is 4.24. The van der Waals surface area contributed by atoms with Crippen molar-refractivity contribution in [3.8, 4) is 0 Å². The molecule has 0 atom stereocenters. The number of carbonyl (C=O) groups excluding carboxylic acids is 1. The van der Waals surface area contributed by atoms with Crippen LogP contribution in [0, 0.1) is 0 Å². The molecule has 0 aliphatic carbocycles. The molecule has 0 bridgehead atoms. The van der Waals surface area contributed by atoms with Crippen molar-refractivity contribution in [3.05, 3.63) is 29.8 Å². The first kappa shape index (κ1) is 16.7. The highest BCUT2D eigenvalue weighted by atomic mass is 32.2. The Morgan fingerprint density at radius 1 is 1.40 bits per heavy atom. The van der Waals surface area contributed by atoms with E-state index in [-0.39, 0.29) is 5.69 Å². The highest BCUT2D eigenvalue weighted by Crippen LogP contribution is 2.30. The van der Waals surface area contributed by atoms with Crippen LogP contribution in [-0.2, 0) is 6.18 Å². The molecule has 0 spiro atoms. The molecule has 1 aromatic carbocycles. The van der Waals surface area contributed by atoms with Crippen LogP contribution in [0.5, 0.6) is 0 Å². The van der Waals surface area contributed by atoms with E-state index in [9.17, 15) is 18.0 Å². The smallest absolute Gasteiger partial charge is 0.318 e. The van der Waals surface area contributed by atoms with Crippen molar-refractivity contribution in [2.45, 2.75) is 19.5 Å². The highest BCUT2D eigenvalue weighted by Gasteiger charge is 2.30. The SMILES string of the molecule is CCCSCN(C)C(=O)Nc1cccc(C(F)(F)F)c1. The number of thioether (sulfide) groups is 1. The Morgan fingerprint density at radius 2 is 2.10 bits per heavy atom. The maximum absolute atomic E-state index is 12.5. The van der Waals surface area contributed by atoms with Gasteiger partial charge in [0.25, 0.3) is 0 Å². The molecule has 0 saturated heterocycles. The van der Waals surface area contributed by atoms with Gasteiger partial charge >= 0.3 is 12.2 Å². The molecule has 7 heteroatoms. The van der Waals surface area contributed by atoms with Crippen LogP contribution >= 0.6 is 11.8 Å². The van der Waals surface area contributed by atoms with Crippen LogP contribution < -0.4 is 5.32 Å². The highest BCUT2D eigenvalue weighted by molar-refractivity contribution is 7.99. The van der Waals surface area contributed by atoms with E-state index in [0.717, 1.165) is 24.3 Å². The molecule has 1 aromatic rings. The number of nitrogens with one attached hydrogen (secondary N) is 1. The Hall–Kier alpha value is -1.37. The summed E-state index contributed by atoms with van der Waals surface area (Å²) < 4.78 is 37.6. The quantitative estimate of drug-likeness (QED) is 0.651. The van der Waals surface area contributed by atoms with Gasteiger partial charge in [-0.3, -0.25) is 0 Å². The van der Waals surface area contributed by atoms with Gasteiger partial charge in [0.2, 0.25) is 0 Å². The lowest BCUT2D eigenvalue weighted by Crippen LogP contribution is -2.31. The third kappa shape index (κ3) is 5.32. The van der Waals surface area contributed by atoms with Crippen molar-refractivity contribution < 1.29 is 18.0 Å². The monoisotopic (exact) mass is 306 g/mol. The van der Waals surface area contributed by atoms with E-state index >= 15 is 0 Å². The van der Waals surface area contributed by atoms with E-state index in [2.05, 4.69) is 5.32 Å². The van der Waals surface area contributed by atoms with Crippen LogP contribution in [0.1, 0.15) is 18.9 Å². The van der Waals surface area contributed by atoms with Gasteiger partial charge in [0.15, 0.2) is 0 Å². The molecule has 0 aliphatic heterocycles. The van der Waals surface area contributed by atoms with Gasteiger partial charge in [0, 0.05) is 12.7 Å².